The maximum absolute atomic E-state index is 13.0. The van der Waals surface area contributed by atoms with Gasteiger partial charge in [0.2, 0.25) is 0 Å². The molecule has 0 spiro atoms. The first-order valence-corrected chi connectivity index (χ1v) is 12.3. The first-order chi connectivity index (χ1) is 15.6. The average molecular weight is 447 g/mol. The number of nitrogens with one attached hydrogen (secondary N) is 1. The second kappa shape index (κ2) is 7.69. The Kier molecular flexibility index (Phi) is 4.79. The molecule has 4 aliphatic rings. The number of benzene rings is 2. The van der Waals surface area contributed by atoms with E-state index in [2.05, 4.69) is 24.0 Å². The summed E-state index contributed by atoms with van der Waals surface area (Å²) in [5.74, 6) is 1.92. The lowest BCUT2D eigenvalue weighted by Gasteiger charge is -2.34. The van der Waals surface area contributed by atoms with E-state index in [9.17, 15) is 9.59 Å². The van der Waals surface area contributed by atoms with Crippen LogP contribution in [0.4, 0.5) is 4.79 Å². The molecule has 32 heavy (non-hydrogen) atoms. The zero-order chi connectivity index (χ0) is 21.8. The van der Waals surface area contributed by atoms with E-state index in [1.54, 1.807) is 0 Å². The van der Waals surface area contributed by atoms with Crippen LogP contribution >= 0.6 is 11.8 Å². The number of hydrogen-bond donors (Lipinski definition) is 1. The molecule has 164 valence electrons. The molecule has 2 heterocycles. The monoisotopic (exact) mass is 446 g/mol. The van der Waals surface area contributed by atoms with E-state index in [4.69, 9.17) is 4.74 Å². The van der Waals surface area contributed by atoms with Gasteiger partial charge in [-0.05, 0) is 60.9 Å². The second-order valence-corrected chi connectivity index (χ2v) is 10.4. The quantitative estimate of drug-likeness (QED) is 0.699. The number of carbonyl (C=O) groups excluding carboxylic acids is 2. The molecule has 6 rings (SSSR count). The minimum absolute atomic E-state index is 0.00494. The number of thioether (sulfide) groups is 1. The van der Waals surface area contributed by atoms with Crippen LogP contribution in [-0.2, 0) is 6.42 Å². The van der Waals surface area contributed by atoms with Crippen LogP contribution in [0.1, 0.15) is 58.3 Å². The summed E-state index contributed by atoms with van der Waals surface area (Å²) in [4.78, 5) is 26.7. The van der Waals surface area contributed by atoms with Crippen LogP contribution in [0.3, 0.4) is 0 Å². The number of ether oxygens (including phenoxy) is 1. The highest BCUT2D eigenvalue weighted by atomic mass is 32.2. The summed E-state index contributed by atoms with van der Waals surface area (Å²) in [5, 5.41) is 2.94. The predicted octanol–water partition coefficient (Wildman–Crippen LogP) is 5.04. The summed E-state index contributed by atoms with van der Waals surface area (Å²) in [6, 6.07) is 14.2. The lowest BCUT2D eigenvalue weighted by Crippen LogP contribution is -2.42. The first-order valence-electron chi connectivity index (χ1n) is 11.4. The van der Waals surface area contributed by atoms with Gasteiger partial charge in [-0.1, -0.05) is 42.6 Å². The fourth-order valence-corrected chi connectivity index (χ4v) is 6.39. The summed E-state index contributed by atoms with van der Waals surface area (Å²) in [6.45, 7) is 5.47. The maximum Gasteiger partial charge on any atom is 0.283 e. The Hall–Kier alpha value is -2.73. The summed E-state index contributed by atoms with van der Waals surface area (Å²) in [7, 11) is 0. The number of rotatable bonds is 5. The Bertz CT molecular complexity index is 1130. The van der Waals surface area contributed by atoms with Gasteiger partial charge >= 0.3 is 0 Å². The molecule has 2 aromatic rings. The molecule has 0 bridgehead atoms. The Morgan fingerprint density at radius 2 is 1.94 bits per heavy atom. The van der Waals surface area contributed by atoms with Crippen molar-refractivity contribution >= 4 is 22.9 Å². The Labute approximate surface area is 192 Å². The van der Waals surface area contributed by atoms with Gasteiger partial charge in [-0.2, -0.15) is 0 Å². The molecular weight excluding hydrogens is 420 g/mol. The van der Waals surface area contributed by atoms with Gasteiger partial charge in [0.05, 0.1) is 11.8 Å². The fraction of sp³-hybridized carbons (Fsp3) is 0.385. The fourth-order valence-electron chi connectivity index (χ4n) is 5.32. The van der Waals surface area contributed by atoms with Crippen molar-refractivity contribution in [3.63, 3.8) is 0 Å². The third kappa shape index (κ3) is 3.51. The lowest BCUT2D eigenvalue weighted by atomic mass is 9.95. The molecule has 2 amide bonds. The van der Waals surface area contributed by atoms with Crippen molar-refractivity contribution in [2.75, 3.05) is 13.1 Å². The number of carbonyl (C=O) groups is 2. The van der Waals surface area contributed by atoms with E-state index in [1.165, 1.54) is 35.7 Å². The highest BCUT2D eigenvalue weighted by molar-refractivity contribution is 8.14. The molecule has 2 unspecified atom stereocenters. The van der Waals surface area contributed by atoms with E-state index in [-0.39, 0.29) is 22.5 Å². The van der Waals surface area contributed by atoms with Crippen molar-refractivity contribution in [3.8, 4) is 5.75 Å². The van der Waals surface area contributed by atoms with Crippen LogP contribution in [0.15, 0.2) is 54.7 Å². The largest absolute Gasteiger partial charge is 0.484 e. The van der Waals surface area contributed by atoms with Crippen molar-refractivity contribution in [1.29, 1.82) is 0 Å². The van der Waals surface area contributed by atoms with Gasteiger partial charge < -0.3 is 15.0 Å². The van der Waals surface area contributed by atoms with E-state index in [0.29, 0.717) is 18.4 Å². The summed E-state index contributed by atoms with van der Waals surface area (Å²) >= 11 is 1.35. The molecule has 6 heteroatoms. The van der Waals surface area contributed by atoms with Gasteiger partial charge in [-0.25, -0.2) is 0 Å². The molecule has 2 aliphatic heterocycles. The normalized spacial score (nSPS) is 26.7. The van der Waals surface area contributed by atoms with E-state index in [1.807, 2.05) is 35.2 Å². The molecule has 2 fully saturated rings. The molecule has 3 atom stereocenters. The zero-order valence-corrected chi connectivity index (χ0v) is 18.7. The topological polar surface area (TPSA) is 58.6 Å². The molecule has 2 aromatic carbocycles. The van der Waals surface area contributed by atoms with Crippen LogP contribution in [0, 0.1) is 5.92 Å². The molecule has 2 aliphatic carbocycles. The summed E-state index contributed by atoms with van der Waals surface area (Å²) < 4.78 is 6.50. The van der Waals surface area contributed by atoms with Crippen LogP contribution in [0.25, 0.3) is 0 Å². The van der Waals surface area contributed by atoms with E-state index < -0.39 is 0 Å². The highest BCUT2D eigenvalue weighted by Gasteiger charge is 2.39. The van der Waals surface area contributed by atoms with Crippen LogP contribution < -0.4 is 10.1 Å². The highest BCUT2D eigenvalue weighted by Crippen LogP contribution is 2.46. The SMILES string of the molecule is C=C1NC(=O)SC1[C@@H]1CCc2cc(OC3CN(CC4CC4)C(=O)c4ccccc43)ccc21. The Morgan fingerprint density at radius 1 is 1.09 bits per heavy atom. The van der Waals surface area contributed by atoms with Crippen LogP contribution in [0.2, 0.25) is 0 Å². The van der Waals surface area contributed by atoms with Crippen molar-refractivity contribution in [3.05, 3.63) is 77.0 Å². The average Bonchev–Trinajstić information content (AvgIpc) is 3.41. The van der Waals surface area contributed by atoms with Crippen molar-refractivity contribution in [1.82, 2.24) is 10.2 Å². The Morgan fingerprint density at radius 3 is 2.72 bits per heavy atom. The molecule has 0 radical (unpaired) electrons. The third-order valence-electron chi connectivity index (χ3n) is 7.11. The van der Waals surface area contributed by atoms with Crippen molar-refractivity contribution < 1.29 is 14.3 Å². The van der Waals surface area contributed by atoms with Gasteiger partial charge in [-0.15, -0.1) is 0 Å². The van der Waals surface area contributed by atoms with Gasteiger partial charge in [0.25, 0.3) is 11.1 Å². The minimum atomic E-state index is -0.162. The predicted molar refractivity (Wildman–Crippen MR) is 125 cm³/mol. The molecular formula is C26H26N2O3S. The number of aryl methyl sites for hydroxylation is 1. The third-order valence-corrected chi connectivity index (χ3v) is 8.29. The summed E-state index contributed by atoms with van der Waals surface area (Å²) in [5.41, 5.74) is 5.14. The molecule has 1 saturated heterocycles. The number of nitrogens with zero attached hydrogens (tertiary/aromatic N) is 1. The number of amides is 2. The molecule has 0 aromatic heterocycles. The molecule has 5 nitrogen and oxygen atoms in total. The number of fused-ring (bicyclic) bond motifs is 2. The Balaban J connectivity index is 1.24. The second-order valence-electron chi connectivity index (χ2n) is 9.33. The van der Waals surface area contributed by atoms with E-state index >= 15 is 0 Å². The van der Waals surface area contributed by atoms with Gasteiger partial charge in [0, 0.05) is 29.3 Å². The first kappa shape index (κ1) is 19.9. The summed E-state index contributed by atoms with van der Waals surface area (Å²) in [6.07, 6.45) is 4.26. The smallest absolute Gasteiger partial charge is 0.283 e. The van der Waals surface area contributed by atoms with Crippen LogP contribution in [-0.4, -0.2) is 34.4 Å². The van der Waals surface area contributed by atoms with Crippen molar-refractivity contribution in [2.45, 2.75) is 43.0 Å². The number of hydrogen-bond acceptors (Lipinski definition) is 4. The molecule has 1 N–H and O–H groups in total. The standard InChI is InChI=1S/C26H26N2O3S/c1-15-24(32-26(30)27-15)21-10-8-17-12-18(9-11-19(17)21)31-23-14-28(13-16-6-7-16)25(29)22-5-3-2-4-20(22)23/h2-5,9,11-12,16,21,23-24H,1,6-8,10,13-14H2,(H,27,30)/t21-,23?,24?/m1/s1. The molecule has 1 saturated carbocycles. The van der Waals surface area contributed by atoms with E-state index in [0.717, 1.165) is 42.0 Å². The van der Waals surface area contributed by atoms with Gasteiger partial charge in [0.15, 0.2) is 0 Å². The van der Waals surface area contributed by atoms with Gasteiger partial charge in [0.1, 0.15) is 11.9 Å². The minimum Gasteiger partial charge on any atom is -0.484 e. The van der Waals surface area contributed by atoms with Crippen LogP contribution in [0.5, 0.6) is 5.75 Å². The van der Waals surface area contributed by atoms with Gasteiger partial charge in [-0.3, -0.25) is 9.59 Å². The lowest BCUT2D eigenvalue weighted by molar-refractivity contribution is 0.0587. The zero-order valence-electron chi connectivity index (χ0n) is 17.9. The van der Waals surface area contributed by atoms with Crippen molar-refractivity contribution in [2.24, 2.45) is 5.92 Å². The maximum atomic E-state index is 13.0.